The highest BCUT2D eigenvalue weighted by Gasteiger charge is 2.36. The van der Waals surface area contributed by atoms with Crippen molar-refractivity contribution >= 4 is 17.5 Å². The minimum Gasteiger partial charge on any atom is -0.497 e. The van der Waals surface area contributed by atoms with E-state index in [1.54, 1.807) is 31.4 Å². The fraction of sp³-hybridized carbons (Fsp3) is 0.355. The van der Waals surface area contributed by atoms with Gasteiger partial charge < -0.3 is 19.7 Å². The highest BCUT2D eigenvalue weighted by molar-refractivity contribution is 5.91. The molecule has 1 atom stereocenters. The van der Waals surface area contributed by atoms with E-state index in [0.29, 0.717) is 18.0 Å². The summed E-state index contributed by atoms with van der Waals surface area (Å²) < 4.78 is 11.1. The SMILES string of the molecule is COc1ccc(NC(=O)COc2ccc3c(c2)C(c2ccc(C)cc2)N(C(=O)C2CCCC2)CC3)cc1. The minimum atomic E-state index is -0.240. The Bertz CT molecular complexity index is 1250. The molecular weight excluding hydrogens is 464 g/mol. The molecule has 3 aromatic carbocycles. The highest BCUT2D eigenvalue weighted by atomic mass is 16.5. The second kappa shape index (κ2) is 11.1. The van der Waals surface area contributed by atoms with Crippen LogP contribution in [0.25, 0.3) is 0 Å². The van der Waals surface area contributed by atoms with E-state index >= 15 is 0 Å². The number of methoxy groups -OCH3 is 1. The van der Waals surface area contributed by atoms with Crippen molar-refractivity contribution in [3.8, 4) is 11.5 Å². The molecule has 2 aliphatic rings. The molecule has 1 saturated carbocycles. The number of benzene rings is 3. The van der Waals surface area contributed by atoms with Crippen LogP contribution in [0.15, 0.2) is 66.7 Å². The maximum atomic E-state index is 13.6. The lowest BCUT2D eigenvalue weighted by molar-refractivity contribution is -0.137. The number of carbonyl (C=O) groups excluding carboxylic acids is 2. The Labute approximate surface area is 218 Å². The van der Waals surface area contributed by atoms with Gasteiger partial charge in [-0.1, -0.05) is 48.7 Å². The molecule has 37 heavy (non-hydrogen) atoms. The van der Waals surface area contributed by atoms with Gasteiger partial charge in [-0.2, -0.15) is 0 Å². The first-order valence-electron chi connectivity index (χ1n) is 13.1. The molecule has 0 aromatic heterocycles. The van der Waals surface area contributed by atoms with Gasteiger partial charge in [0.15, 0.2) is 6.61 Å². The lowest BCUT2D eigenvalue weighted by Gasteiger charge is -2.39. The van der Waals surface area contributed by atoms with Gasteiger partial charge in [-0.3, -0.25) is 9.59 Å². The van der Waals surface area contributed by atoms with Gasteiger partial charge >= 0.3 is 0 Å². The number of ether oxygens (including phenoxy) is 2. The number of nitrogens with zero attached hydrogens (tertiary/aromatic N) is 1. The van der Waals surface area contributed by atoms with Crippen LogP contribution in [-0.4, -0.2) is 37.0 Å². The van der Waals surface area contributed by atoms with E-state index in [2.05, 4.69) is 47.5 Å². The fourth-order valence-corrected chi connectivity index (χ4v) is 5.46. The van der Waals surface area contributed by atoms with Crippen molar-refractivity contribution in [1.29, 1.82) is 0 Å². The number of nitrogens with one attached hydrogen (secondary N) is 1. The molecule has 1 heterocycles. The maximum Gasteiger partial charge on any atom is 0.262 e. The third-order valence-electron chi connectivity index (χ3n) is 7.47. The summed E-state index contributed by atoms with van der Waals surface area (Å²) >= 11 is 0. The summed E-state index contributed by atoms with van der Waals surface area (Å²) in [5.74, 6) is 1.49. The van der Waals surface area contributed by atoms with Crippen molar-refractivity contribution in [3.05, 3.63) is 89.0 Å². The van der Waals surface area contributed by atoms with Crippen LogP contribution in [0.3, 0.4) is 0 Å². The molecule has 2 amide bonds. The average Bonchev–Trinajstić information content (AvgIpc) is 3.47. The number of fused-ring (bicyclic) bond motifs is 1. The van der Waals surface area contributed by atoms with Crippen molar-refractivity contribution in [2.75, 3.05) is 25.6 Å². The summed E-state index contributed by atoms with van der Waals surface area (Å²) in [6.07, 6.45) is 5.04. The van der Waals surface area contributed by atoms with E-state index in [4.69, 9.17) is 9.47 Å². The van der Waals surface area contributed by atoms with Gasteiger partial charge in [0, 0.05) is 18.2 Å². The minimum absolute atomic E-state index is 0.106. The first kappa shape index (κ1) is 24.9. The number of hydrogen-bond donors (Lipinski definition) is 1. The first-order valence-corrected chi connectivity index (χ1v) is 13.1. The number of anilines is 1. The Morgan fingerprint density at radius 1 is 0.946 bits per heavy atom. The molecular formula is C31H34N2O4. The average molecular weight is 499 g/mol. The second-order valence-electron chi connectivity index (χ2n) is 10.0. The zero-order valence-electron chi connectivity index (χ0n) is 21.5. The molecule has 192 valence electrons. The Morgan fingerprint density at radius 2 is 1.65 bits per heavy atom. The molecule has 1 N–H and O–H groups in total. The van der Waals surface area contributed by atoms with Crippen molar-refractivity contribution in [1.82, 2.24) is 4.90 Å². The van der Waals surface area contributed by atoms with Crippen LogP contribution in [0.5, 0.6) is 11.5 Å². The largest absolute Gasteiger partial charge is 0.497 e. The molecule has 0 spiro atoms. The van der Waals surface area contributed by atoms with E-state index in [-0.39, 0.29) is 30.4 Å². The van der Waals surface area contributed by atoms with Crippen molar-refractivity contribution < 1.29 is 19.1 Å². The van der Waals surface area contributed by atoms with E-state index in [1.807, 2.05) is 12.1 Å². The molecule has 5 rings (SSSR count). The van der Waals surface area contributed by atoms with Crippen LogP contribution < -0.4 is 14.8 Å². The Morgan fingerprint density at radius 3 is 2.35 bits per heavy atom. The van der Waals surface area contributed by atoms with E-state index in [9.17, 15) is 9.59 Å². The predicted octanol–water partition coefficient (Wildman–Crippen LogP) is 5.69. The summed E-state index contributed by atoms with van der Waals surface area (Å²) in [5.41, 5.74) is 5.27. The van der Waals surface area contributed by atoms with Crippen LogP contribution in [0, 0.1) is 12.8 Å². The summed E-state index contributed by atoms with van der Waals surface area (Å²) in [6.45, 7) is 2.68. The van der Waals surface area contributed by atoms with Gasteiger partial charge in [-0.15, -0.1) is 0 Å². The second-order valence-corrected chi connectivity index (χ2v) is 10.0. The lowest BCUT2D eigenvalue weighted by Crippen LogP contribution is -2.43. The summed E-state index contributed by atoms with van der Waals surface area (Å²) in [7, 11) is 1.60. The molecule has 1 unspecified atom stereocenters. The Kier molecular flexibility index (Phi) is 7.45. The topological polar surface area (TPSA) is 67.9 Å². The monoisotopic (exact) mass is 498 g/mol. The number of amides is 2. The number of aryl methyl sites for hydroxylation is 1. The van der Waals surface area contributed by atoms with Crippen LogP contribution >= 0.6 is 0 Å². The molecule has 0 bridgehead atoms. The molecule has 1 aliphatic heterocycles. The van der Waals surface area contributed by atoms with Crippen LogP contribution in [0.4, 0.5) is 5.69 Å². The van der Waals surface area contributed by atoms with Gasteiger partial charge in [-0.25, -0.2) is 0 Å². The smallest absolute Gasteiger partial charge is 0.262 e. The Balaban J connectivity index is 1.36. The summed E-state index contributed by atoms with van der Waals surface area (Å²) in [6, 6.07) is 21.5. The van der Waals surface area contributed by atoms with Gasteiger partial charge in [0.2, 0.25) is 5.91 Å². The van der Waals surface area contributed by atoms with E-state index in [0.717, 1.165) is 49.0 Å². The highest BCUT2D eigenvalue weighted by Crippen LogP contribution is 2.39. The Hall–Kier alpha value is -3.80. The first-order chi connectivity index (χ1) is 18.0. The molecule has 3 aromatic rings. The third-order valence-corrected chi connectivity index (χ3v) is 7.47. The third kappa shape index (κ3) is 5.63. The zero-order chi connectivity index (χ0) is 25.8. The van der Waals surface area contributed by atoms with Crippen molar-refractivity contribution in [2.45, 2.75) is 45.1 Å². The van der Waals surface area contributed by atoms with Gasteiger partial charge in [0.05, 0.1) is 13.2 Å². The zero-order valence-corrected chi connectivity index (χ0v) is 21.5. The molecule has 1 fully saturated rings. The number of carbonyl (C=O) groups is 2. The molecule has 6 heteroatoms. The van der Waals surface area contributed by atoms with Crippen molar-refractivity contribution in [3.63, 3.8) is 0 Å². The van der Waals surface area contributed by atoms with E-state index in [1.165, 1.54) is 11.1 Å². The standard InChI is InChI=1S/C31H34N2O4/c1-21-7-9-23(10-8-21)30-28-19-27(37-20-29(34)32-25-12-15-26(36-2)16-13-25)14-11-22(28)17-18-33(30)31(35)24-5-3-4-6-24/h7-16,19,24,30H,3-6,17-18,20H2,1-2H3,(H,32,34). The van der Waals surface area contributed by atoms with Gasteiger partial charge in [-0.05, 0) is 79.3 Å². The fourth-order valence-electron chi connectivity index (χ4n) is 5.46. The molecule has 0 radical (unpaired) electrons. The predicted molar refractivity (Wildman–Crippen MR) is 144 cm³/mol. The van der Waals surface area contributed by atoms with Crippen molar-refractivity contribution in [2.24, 2.45) is 5.92 Å². The quantitative estimate of drug-likeness (QED) is 0.455. The maximum absolute atomic E-state index is 13.6. The van der Waals surface area contributed by atoms with Crippen LogP contribution in [0.1, 0.15) is 54.0 Å². The molecule has 1 aliphatic carbocycles. The number of hydrogen-bond acceptors (Lipinski definition) is 4. The normalized spacial score (nSPS) is 17.2. The van der Waals surface area contributed by atoms with Crippen LogP contribution in [-0.2, 0) is 16.0 Å². The summed E-state index contributed by atoms with van der Waals surface area (Å²) in [5, 5.41) is 2.85. The molecule has 6 nitrogen and oxygen atoms in total. The lowest BCUT2D eigenvalue weighted by atomic mass is 9.86. The van der Waals surface area contributed by atoms with Crippen LogP contribution in [0.2, 0.25) is 0 Å². The summed E-state index contributed by atoms with van der Waals surface area (Å²) in [4.78, 5) is 28.2. The molecule has 0 saturated heterocycles. The van der Waals surface area contributed by atoms with Gasteiger partial charge in [0.1, 0.15) is 11.5 Å². The van der Waals surface area contributed by atoms with Gasteiger partial charge in [0.25, 0.3) is 5.91 Å². The van der Waals surface area contributed by atoms with E-state index < -0.39 is 0 Å². The number of rotatable bonds is 7.